The molecule has 2 atom stereocenters. The molecule has 0 spiro atoms. The number of carboxylic acids is 1. The van der Waals surface area contributed by atoms with Gasteiger partial charge in [0.05, 0.1) is 12.5 Å². The molecule has 0 unspecified atom stereocenters. The van der Waals surface area contributed by atoms with Crippen LogP contribution in [0.15, 0.2) is 0 Å². The molecule has 0 aromatic rings. The normalized spacial score (nSPS) is 13.3. The minimum Gasteiger partial charge on any atom is -0.480 e. The Morgan fingerprint density at radius 3 is 2.11 bits per heavy atom. The van der Waals surface area contributed by atoms with Crippen LogP contribution >= 0.6 is 12.4 Å². The molecule has 106 valence electrons. The Morgan fingerprint density at radius 2 is 1.78 bits per heavy atom. The fourth-order valence-corrected chi connectivity index (χ4v) is 1.28. The second kappa shape index (κ2) is 8.71. The summed E-state index contributed by atoms with van der Waals surface area (Å²) < 4.78 is 0. The van der Waals surface area contributed by atoms with Gasteiger partial charge in [-0.3, -0.25) is 9.59 Å². The molecule has 0 aliphatic carbocycles. The maximum absolute atomic E-state index is 11.5. The number of hydrogen-bond donors (Lipinski definition) is 4. The Kier molecular flexibility index (Phi) is 9.20. The number of amides is 2. The van der Waals surface area contributed by atoms with E-state index in [-0.39, 0.29) is 24.7 Å². The quantitative estimate of drug-likeness (QED) is 0.486. The lowest BCUT2D eigenvalue weighted by molar-refractivity contribution is -0.142. The highest BCUT2D eigenvalue weighted by molar-refractivity contribution is 5.90. The molecular formula is C10H20ClN3O4. The summed E-state index contributed by atoms with van der Waals surface area (Å²) in [6.45, 7) is 3.68. The molecule has 0 aromatic heterocycles. The van der Waals surface area contributed by atoms with Crippen molar-refractivity contribution < 1.29 is 19.5 Å². The molecule has 2 amide bonds. The number of halogens is 1. The highest BCUT2D eigenvalue weighted by Crippen LogP contribution is 2.05. The molecule has 7 nitrogen and oxygen atoms in total. The van der Waals surface area contributed by atoms with E-state index in [9.17, 15) is 14.4 Å². The Hall–Kier alpha value is -1.34. The van der Waals surface area contributed by atoms with Crippen LogP contribution in [0.4, 0.5) is 0 Å². The van der Waals surface area contributed by atoms with Gasteiger partial charge >= 0.3 is 5.97 Å². The van der Waals surface area contributed by atoms with Crippen molar-refractivity contribution in [1.29, 1.82) is 0 Å². The summed E-state index contributed by atoms with van der Waals surface area (Å²) in [7, 11) is 0. The second-order valence-corrected chi connectivity index (χ2v) is 4.31. The smallest absolute Gasteiger partial charge is 0.326 e. The fourth-order valence-electron chi connectivity index (χ4n) is 1.28. The van der Waals surface area contributed by atoms with Crippen LogP contribution in [-0.2, 0) is 14.4 Å². The van der Waals surface area contributed by atoms with E-state index in [1.807, 2.05) is 13.8 Å². The van der Waals surface area contributed by atoms with E-state index in [4.69, 9.17) is 16.6 Å². The van der Waals surface area contributed by atoms with E-state index < -0.39 is 29.9 Å². The van der Waals surface area contributed by atoms with Gasteiger partial charge in [0.2, 0.25) is 11.8 Å². The van der Waals surface area contributed by atoms with Crippen LogP contribution < -0.4 is 16.8 Å². The second-order valence-electron chi connectivity index (χ2n) is 4.31. The molecule has 0 heterocycles. The van der Waals surface area contributed by atoms with Crippen molar-refractivity contribution in [1.82, 2.24) is 5.32 Å². The van der Waals surface area contributed by atoms with E-state index in [0.717, 1.165) is 0 Å². The van der Waals surface area contributed by atoms with E-state index in [2.05, 4.69) is 5.32 Å². The third kappa shape index (κ3) is 7.86. The average molecular weight is 282 g/mol. The van der Waals surface area contributed by atoms with Crippen LogP contribution in [0.3, 0.4) is 0 Å². The van der Waals surface area contributed by atoms with Crippen LogP contribution in [0.1, 0.15) is 26.7 Å². The summed E-state index contributed by atoms with van der Waals surface area (Å²) in [5, 5.41) is 11.2. The van der Waals surface area contributed by atoms with Crippen LogP contribution in [0.25, 0.3) is 0 Å². The predicted molar refractivity (Wildman–Crippen MR) is 68.1 cm³/mol. The molecule has 0 saturated carbocycles. The van der Waals surface area contributed by atoms with E-state index in [1.54, 1.807) is 0 Å². The summed E-state index contributed by atoms with van der Waals surface area (Å²) in [6.07, 6.45) is -0.00971. The van der Waals surface area contributed by atoms with Crippen molar-refractivity contribution in [3.63, 3.8) is 0 Å². The van der Waals surface area contributed by atoms with Gasteiger partial charge in [-0.15, -0.1) is 12.4 Å². The summed E-state index contributed by atoms with van der Waals surface area (Å²) in [4.78, 5) is 32.9. The number of nitrogens with one attached hydrogen (secondary N) is 1. The Balaban J connectivity index is 0. The zero-order valence-electron chi connectivity index (χ0n) is 10.4. The minimum absolute atomic E-state index is 0. The molecule has 18 heavy (non-hydrogen) atoms. The van der Waals surface area contributed by atoms with Gasteiger partial charge in [-0.05, 0) is 12.3 Å². The molecule has 0 aliphatic heterocycles. The fraction of sp³-hybridized carbons (Fsp3) is 0.700. The molecule has 0 rings (SSSR count). The Morgan fingerprint density at radius 1 is 1.28 bits per heavy atom. The SMILES string of the molecule is CC(C)C[C@H](NC(=O)[C@H](N)CC(N)=O)C(=O)O.Cl. The standard InChI is InChI=1S/C10H19N3O4.ClH/c1-5(2)3-7(10(16)17)13-9(15)6(11)4-8(12)14;/h5-7H,3-4,11H2,1-2H3,(H2,12,14)(H,13,15)(H,16,17);1H/t6-,7+;/m1./s1. The van der Waals surface area contributed by atoms with E-state index >= 15 is 0 Å². The van der Waals surface area contributed by atoms with Crippen LogP contribution in [-0.4, -0.2) is 35.0 Å². The first-order valence-electron chi connectivity index (χ1n) is 5.31. The number of carbonyl (C=O) groups is 3. The molecule has 0 saturated heterocycles. The number of carbonyl (C=O) groups excluding carboxylic acids is 2. The van der Waals surface area contributed by atoms with Crippen LogP contribution in [0.5, 0.6) is 0 Å². The van der Waals surface area contributed by atoms with Crippen molar-refractivity contribution in [2.24, 2.45) is 17.4 Å². The topological polar surface area (TPSA) is 136 Å². The molecular weight excluding hydrogens is 262 g/mol. The molecule has 0 bridgehead atoms. The number of rotatable bonds is 7. The largest absolute Gasteiger partial charge is 0.480 e. The van der Waals surface area contributed by atoms with Crippen molar-refractivity contribution >= 4 is 30.2 Å². The summed E-state index contributed by atoms with van der Waals surface area (Å²) in [6, 6.07) is -2.11. The lowest BCUT2D eigenvalue weighted by atomic mass is 10.0. The summed E-state index contributed by atoms with van der Waals surface area (Å²) in [5.41, 5.74) is 10.3. The van der Waals surface area contributed by atoms with Gasteiger partial charge in [-0.25, -0.2) is 4.79 Å². The molecule has 8 heteroatoms. The molecule has 0 fully saturated rings. The van der Waals surface area contributed by atoms with Crippen LogP contribution in [0, 0.1) is 5.92 Å². The monoisotopic (exact) mass is 281 g/mol. The lowest BCUT2D eigenvalue weighted by Crippen LogP contribution is -2.49. The molecule has 0 radical (unpaired) electrons. The average Bonchev–Trinajstić information content (AvgIpc) is 2.14. The van der Waals surface area contributed by atoms with Gasteiger partial charge in [0.25, 0.3) is 0 Å². The first-order valence-corrected chi connectivity index (χ1v) is 5.31. The van der Waals surface area contributed by atoms with Crippen molar-refractivity contribution in [3.8, 4) is 0 Å². The summed E-state index contributed by atoms with van der Waals surface area (Å²) >= 11 is 0. The summed E-state index contributed by atoms with van der Waals surface area (Å²) in [5.74, 6) is -2.40. The number of primary amides is 1. The highest BCUT2D eigenvalue weighted by atomic mass is 35.5. The third-order valence-electron chi connectivity index (χ3n) is 2.08. The number of nitrogens with two attached hydrogens (primary N) is 2. The van der Waals surface area contributed by atoms with Gasteiger partial charge in [0.15, 0.2) is 0 Å². The zero-order chi connectivity index (χ0) is 13.6. The number of aliphatic carboxylic acids is 1. The number of hydrogen-bond acceptors (Lipinski definition) is 4. The van der Waals surface area contributed by atoms with E-state index in [1.165, 1.54) is 0 Å². The van der Waals surface area contributed by atoms with E-state index in [0.29, 0.717) is 6.42 Å². The lowest BCUT2D eigenvalue weighted by Gasteiger charge is -2.18. The first-order chi connectivity index (χ1) is 7.73. The number of carboxylic acid groups (broad SMARTS) is 1. The highest BCUT2D eigenvalue weighted by Gasteiger charge is 2.24. The minimum atomic E-state index is -1.13. The molecule has 0 aliphatic rings. The Labute approximate surface area is 112 Å². The maximum atomic E-state index is 11.5. The van der Waals surface area contributed by atoms with Crippen molar-refractivity contribution in [2.75, 3.05) is 0 Å². The van der Waals surface area contributed by atoms with Crippen LogP contribution in [0.2, 0.25) is 0 Å². The van der Waals surface area contributed by atoms with Crippen molar-refractivity contribution in [2.45, 2.75) is 38.8 Å². The first kappa shape index (κ1) is 19.0. The molecule has 6 N–H and O–H groups in total. The van der Waals surface area contributed by atoms with Gasteiger partial charge in [0, 0.05) is 0 Å². The Bertz CT molecular complexity index is 309. The maximum Gasteiger partial charge on any atom is 0.326 e. The van der Waals surface area contributed by atoms with Gasteiger partial charge < -0.3 is 21.9 Å². The molecule has 0 aromatic carbocycles. The zero-order valence-corrected chi connectivity index (χ0v) is 11.2. The van der Waals surface area contributed by atoms with Gasteiger partial charge in [-0.2, -0.15) is 0 Å². The third-order valence-corrected chi connectivity index (χ3v) is 2.08. The van der Waals surface area contributed by atoms with Gasteiger partial charge in [0.1, 0.15) is 6.04 Å². The van der Waals surface area contributed by atoms with Crippen molar-refractivity contribution in [3.05, 3.63) is 0 Å². The predicted octanol–water partition coefficient (Wildman–Crippen LogP) is -0.774. The van der Waals surface area contributed by atoms with Gasteiger partial charge in [-0.1, -0.05) is 13.8 Å².